The summed E-state index contributed by atoms with van der Waals surface area (Å²) < 4.78 is 19.9. The van der Waals surface area contributed by atoms with Gasteiger partial charge in [-0.05, 0) is 24.3 Å². The molecule has 22 heavy (non-hydrogen) atoms. The second kappa shape index (κ2) is 5.59. The first-order chi connectivity index (χ1) is 10.5. The van der Waals surface area contributed by atoms with E-state index in [0.29, 0.717) is 0 Å². The van der Waals surface area contributed by atoms with Crippen molar-refractivity contribution >= 4 is 12.1 Å². The van der Waals surface area contributed by atoms with Gasteiger partial charge in [-0.1, -0.05) is 30.3 Å². The number of aliphatic carboxylic acids is 1. The number of likely N-dealkylation sites (tertiary alicyclic amines) is 1. The van der Waals surface area contributed by atoms with Crippen molar-refractivity contribution < 1.29 is 23.8 Å². The highest BCUT2D eigenvalue weighted by Crippen LogP contribution is 2.47. The van der Waals surface area contributed by atoms with E-state index in [1.165, 1.54) is 4.90 Å². The molecule has 6 heteroatoms. The van der Waals surface area contributed by atoms with Gasteiger partial charge in [-0.2, -0.15) is 0 Å². The highest BCUT2D eigenvalue weighted by Gasteiger charge is 2.59. The van der Waals surface area contributed by atoms with Crippen LogP contribution in [-0.4, -0.2) is 40.8 Å². The number of hydrogen-bond acceptors (Lipinski definition) is 3. The Morgan fingerprint density at radius 2 is 2.00 bits per heavy atom. The van der Waals surface area contributed by atoms with Crippen LogP contribution in [0.4, 0.5) is 9.18 Å². The van der Waals surface area contributed by atoms with E-state index in [9.17, 15) is 19.1 Å². The number of rotatable bonds is 4. The maximum atomic E-state index is 14.7. The number of halogens is 1. The van der Waals surface area contributed by atoms with Crippen LogP contribution in [0.25, 0.3) is 0 Å². The van der Waals surface area contributed by atoms with Gasteiger partial charge in [0.1, 0.15) is 6.61 Å². The van der Waals surface area contributed by atoms with Gasteiger partial charge in [0.15, 0.2) is 0 Å². The fourth-order valence-electron chi connectivity index (χ4n) is 3.04. The minimum Gasteiger partial charge on any atom is -0.479 e. The van der Waals surface area contributed by atoms with Crippen LogP contribution in [0.15, 0.2) is 30.3 Å². The topological polar surface area (TPSA) is 66.8 Å². The number of ether oxygens (including phenoxy) is 1. The molecule has 2 aliphatic rings. The highest BCUT2D eigenvalue weighted by atomic mass is 19.1. The molecule has 5 nitrogen and oxygen atoms in total. The molecule has 2 fully saturated rings. The Morgan fingerprint density at radius 3 is 2.59 bits per heavy atom. The Morgan fingerprint density at radius 1 is 1.32 bits per heavy atom. The number of hydrogen-bond donors (Lipinski definition) is 1. The van der Waals surface area contributed by atoms with E-state index in [1.54, 1.807) is 0 Å². The van der Waals surface area contributed by atoms with Crippen molar-refractivity contribution in [2.45, 2.75) is 25.1 Å². The summed E-state index contributed by atoms with van der Waals surface area (Å²) in [6, 6.07) is 9.16. The average Bonchev–Trinajstić information content (AvgIpc) is 3.28. The zero-order chi connectivity index (χ0) is 15.7. The Balaban J connectivity index is 1.63. The molecule has 118 valence electrons. The molecule has 2 atom stereocenters. The Labute approximate surface area is 127 Å². The quantitative estimate of drug-likeness (QED) is 0.928. The van der Waals surface area contributed by atoms with Crippen LogP contribution in [0.1, 0.15) is 18.4 Å². The van der Waals surface area contributed by atoms with E-state index in [2.05, 4.69) is 0 Å². The molecule has 0 radical (unpaired) electrons. The SMILES string of the molecule is O=C(OCc1ccccc1)N1CC(C2CC2)C(F)(C(=O)O)C1. The zero-order valence-corrected chi connectivity index (χ0v) is 12.1. The molecule has 1 amide bonds. The molecular formula is C16H18FNO4. The van der Waals surface area contributed by atoms with Gasteiger partial charge in [-0.25, -0.2) is 14.0 Å². The van der Waals surface area contributed by atoms with Crippen LogP contribution in [-0.2, 0) is 16.1 Å². The van der Waals surface area contributed by atoms with Crippen molar-refractivity contribution in [3.8, 4) is 0 Å². The number of carbonyl (C=O) groups is 2. The second-order valence-electron chi connectivity index (χ2n) is 6.03. The highest BCUT2D eigenvalue weighted by molar-refractivity contribution is 5.81. The summed E-state index contributed by atoms with van der Waals surface area (Å²) in [5, 5.41) is 9.17. The van der Waals surface area contributed by atoms with E-state index < -0.39 is 30.2 Å². The van der Waals surface area contributed by atoms with Gasteiger partial charge in [0.25, 0.3) is 0 Å². The summed E-state index contributed by atoms with van der Waals surface area (Å²) in [5.74, 6) is -2.05. The maximum Gasteiger partial charge on any atom is 0.410 e. The fourth-order valence-corrected chi connectivity index (χ4v) is 3.04. The van der Waals surface area contributed by atoms with Gasteiger partial charge in [-0.15, -0.1) is 0 Å². The average molecular weight is 307 g/mol. The summed E-state index contributed by atoms with van der Waals surface area (Å²) in [6.07, 6.45) is 1.00. The lowest BCUT2D eigenvalue weighted by Gasteiger charge is -2.20. The van der Waals surface area contributed by atoms with E-state index in [-0.39, 0.29) is 19.1 Å². The molecule has 1 N–H and O–H groups in total. The summed E-state index contributed by atoms with van der Waals surface area (Å²) in [7, 11) is 0. The molecule has 0 bridgehead atoms. The number of alkyl halides is 1. The van der Waals surface area contributed by atoms with Gasteiger partial charge >= 0.3 is 12.1 Å². The third kappa shape index (κ3) is 2.77. The predicted octanol–water partition coefficient (Wildman–Crippen LogP) is 2.46. The molecule has 1 aromatic rings. The molecule has 1 aliphatic carbocycles. The number of carboxylic acid groups (broad SMARTS) is 1. The van der Waals surface area contributed by atoms with Crippen molar-refractivity contribution in [2.75, 3.05) is 13.1 Å². The van der Waals surface area contributed by atoms with E-state index in [0.717, 1.165) is 18.4 Å². The molecule has 1 aromatic carbocycles. The van der Waals surface area contributed by atoms with E-state index in [4.69, 9.17) is 4.74 Å². The van der Waals surface area contributed by atoms with E-state index in [1.807, 2.05) is 30.3 Å². The van der Waals surface area contributed by atoms with Gasteiger partial charge in [-0.3, -0.25) is 0 Å². The second-order valence-corrected chi connectivity index (χ2v) is 6.03. The van der Waals surface area contributed by atoms with Crippen molar-refractivity contribution in [3.05, 3.63) is 35.9 Å². The Bertz CT molecular complexity index is 575. The van der Waals surface area contributed by atoms with Gasteiger partial charge in [0.05, 0.1) is 6.54 Å². The lowest BCUT2D eigenvalue weighted by molar-refractivity contribution is -0.153. The summed E-state index contributed by atoms with van der Waals surface area (Å²) in [4.78, 5) is 24.5. The van der Waals surface area contributed by atoms with Crippen LogP contribution in [0.3, 0.4) is 0 Å². The molecule has 0 aromatic heterocycles. The largest absolute Gasteiger partial charge is 0.479 e. The lowest BCUT2D eigenvalue weighted by atomic mass is 9.89. The molecule has 0 spiro atoms. The zero-order valence-electron chi connectivity index (χ0n) is 12.1. The van der Waals surface area contributed by atoms with E-state index >= 15 is 0 Å². The van der Waals surface area contributed by atoms with Gasteiger partial charge < -0.3 is 14.7 Å². The summed E-state index contributed by atoms with van der Waals surface area (Å²) >= 11 is 0. The van der Waals surface area contributed by atoms with Gasteiger partial charge in [0, 0.05) is 12.5 Å². The van der Waals surface area contributed by atoms with Crippen LogP contribution in [0, 0.1) is 11.8 Å². The van der Waals surface area contributed by atoms with Gasteiger partial charge in [0.2, 0.25) is 5.67 Å². The van der Waals surface area contributed by atoms with Crippen LogP contribution < -0.4 is 0 Å². The number of benzene rings is 1. The normalized spacial score (nSPS) is 27.7. The summed E-state index contributed by atoms with van der Waals surface area (Å²) in [5.41, 5.74) is -1.52. The van der Waals surface area contributed by atoms with Crippen LogP contribution >= 0.6 is 0 Å². The number of carbonyl (C=O) groups excluding carboxylic acids is 1. The molecular weight excluding hydrogens is 289 g/mol. The molecule has 1 saturated heterocycles. The molecule has 1 saturated carbocycles. The monoisotopic (exact) mass is 307 g/mol. The Kier molecular flexibility index (Phi) is 3.76. The smallest absolute Gasteiger partial charge is 0.410 e. The standard InChI is InChI=1S/C16H18FNO4/c17-16(14(19)20)10-18(8-13(16)12-6-7-12)15(21)22-9-11-4-2-1-3-5-11/h1-5,12-13H,6-10H2,(H,19,20). The van der Waals surface area contributed by atoms with Crippen molar-refractivity contribution in [2.24, 2.45) is 11.8 Å². The number of nitrogens with zero attached hydrogens (tertiary/aromatic N) is 1. The third-order valence-corrected chi connectivity index (χ3v) is 4.44. The number of amides is 1. The van der Waals surface area contributed by atoms with Crippen molar-refractivity contribution in [1.82, 2.24) is 4.90 Å². The van der Waals surface area contributed by atoms with Crippen LogP contribution in [0.5, 0.6) is 0 Å². The minimum absolute atomic E-state index is 0.0630. The minimum atomic E-state index is -2.35. The summed E-state index contributed by atoms with van der Waals surface area (Å²) in [6.45, 7) is -0.227. The fraction of sp³-hybridized carbons (Fsp3) is 0.500. The molecule has 1 heterocycles. The number of carboxylic acids is 1. The van der Waals surface area contributed by atoms with Crippen molar-refractivity contribution in [1.29, 1.82) is 0 Å². The first-order valence-corrected chi connectivity index (χ1v) is 7.38. The lowest BCUT2D eigenvalue weighted by Crippen LogP contribution is -2.43. The Hall–Kier alpha value is -2.11. The molecule has 1 aliphatic heterocycles. The molecule has 3 rings (SSSR count). The molecule has 2 unspecified atom stereocenters. The first kappa shape index (κ1) is 14.8. The third-order valence-electron chi connectivity index (χ3n) is 4.44. The predicted molar refractivity (Wildman–Crippen MR) is 75.9 cm³/mol. The first-order valence-electron chi connectivity index (χ1n) is 7.38. The van der Waals surface area contributed by atoms with Crippen LogP contribution in [0.2, 0.25) is 0 Å². The van der Waals surface area contributed by atoms with Crippen molar-refractivity contribution in [3.63, 3.8) is 0 Å². The maximum absolute atomic E-state index is 14.7.